The third-order valence-corrected chi connectivity index (χ3v) is 26.9. The van der Waals surface area contributed by atoms with E-state index in [0.717, 1.165) is 59.2 Å². The summed E-state index contributed by atoms with van der Waals surface area (Å²) in [4.78, 5) is 0. The van der Waals surface area contributed by atoms with E-state index in [1.165, 1.54) is 142 Å². The lowest BCUT2D eigenvalue weighted by Crippen LogP contribution is -2.45. The fraction of sp³-hybridized carbons (Fsp3) is 1.00. The SMILES string of the molecule is CC1CC2C(C1)C1CC2C2C3CC(C4C5CC(CC5C)C34)C12.CC1CC2CC1C1C3CC(C)C(C3)C21.CC1CC2CC1C1C3CC(C21)C1C2CC(CC2C)C31. The molecule has 0 aromatic carbocycles. The highest BCUT2D eigenvalue weighted by atomic mass is 14.8. The van der Waals surface area contributed by atoms with Crippen molar-refractivity contribution in [3.05, 3.63) is 0 Å². The van der Waals surface area contributed by atoms with E-state index in [-0.39, 0.29) is 0 Å². The van der Waals surface area contributed by atoms with Crippen molar-refractivity contribution in [2.24, 2.45) is 201 Å². The van der Waals surface area contributed by atoms with E-state index < -0.39 is 0 Å². The van der Waals surface area contributed by atoms with Crippen LogP contribution in [0.3, 0.4) is 0 Å². The van der Waals surface area contributed by atoms with E-state index >= 15 is 0 Å². The number of hydrogen-bond acceptors (Lipinski definition) is 0. The average Bonchev–Trinajstić information content (AvgIpc) is 3.98. The Bertz CT molecular complexity index is 1540. The maximum absolute atomic E-state index is 2.60. The fourth-order valence-electron chi connectivity index (χ4n) is 26.9. The van der Waals surface area contributed by atoms with E-state index in [9.17, 15) is 0 Å². The molecule has 0 nitrogen and oxygen atoms in total. The lowest BCUT2D eigenvalue weighted by Gasteiger charge is -2.49. The molecule has 34 atom stereocenters. The van der Waals surface area contributed by atoms with Crippen LogP contribution in [-0.4, -0.2) is 0 Å². The second-order valence-corrected chi connectivity index (χ2v) is 27.7. The van der Waals surface area contributed by atoms with E-state index in [1.54, 1.807) is 96.3 Å². The molecule has 0 amide bonds. The van der Waals surface area contributed by atoms with Crippen molar-refractivity contribution in [1.29, 1.82) is 0 Å². The van der Waals surface area contributed by atoms with Crippen molar-refractivity contribution in [2.75, 3.05) is 0 Å². The third-order valence-electron chi connectivity index (χ3n) is 26.9. The van der Waals surface area contributed by atoms with Gasteiger partial charge in [-0.25, -0.2) is 0 Å². The zero-order chi connectivity index (χ0) is 36.2. The summed E-state index contributed by atoms with van der Waals surface area (Å²) in [6.07, 6.45) is 24.5. The highest BCUT2D eigenvalue weighted by Gasteiger charge is 2.75. The van der Waals surface area contributed by atoms with Crippen LogP contribution in [0.2, 0.25) is 0 Å². The molecule has 302 valence electrons. The Morgan fingerprint density at radius 3 is 0.745 bits per heavy atom. The summed E-state index contributed by atoms with van der Waals surface area (Å²) in [7, 11) is 0. The Hall–Kier alpha value is 0. The predicted octanol–water partition coefficient (Wildman–Crippen LogP) is 13.1. The lowest BCUT2D eigenvalue weighted by molar-refractivity contribution is -0.0165. The molecule has 17 saturated carbocycles. The van der Waals surface area contributed by atoms with Crippen molar-refractivity contribution in [2.45, 2.75) is 138 Å². The van der Waals surface area contributed by atoms with Gasteiger partial charge in [-0.1, -0.05) is 41.5 Å². The second-order valence-electron chi connectivity index (χ2n) is 27.7. The smallest absolute Gasteiger partial charge is 0.0318 e. The normalized spacial score (nSPS) is 73.6. The largest absolute Gasteiger partial charge is 0.0625 e. The summed E-state index contributed by atoms with van der Waals surface area (Å²) in [5.41, 5.74) is 0. The Kier molecular flexibility index (Phi) is 6.79. The zero-order valence-corrected chi connectivity index (χ0v) is 36.2. The highest BCUT2D eigenvalue weighted by Crippen LogP contribution is 2.81. The first kappa shape index (κ1) is 33.7. The summed E-state index contributed by atoms with van der Waals surface area (Å²) in [5.74, 6) is 40.0. The molecule has 0 aromatic heterocycles. The highest BCUT2D eigenvalue weighted by molar-refractivity contribution is 5.23. The maximum Gasteiger partial charge on any atom is -0.0318 e. The molecule has 0 aromatic rings. The molecule has 0 N–H and O–H groups in total. The molecule has 0 saturated heterocycles. The first-order chi connectivity index (χ1) is 26.7. The summed E-state index contributed by atoms with van der Waals surface area (Å²) < 4.78 is 0. The van der Waals surface area contributed by atoms with Crippen LogP contribution in [-0.2, 0) is 0 Å². The molecule has 0 heteroatoms. The van der Waals surface area contributed by atoms with E-state index in [1.807, 2.05) is 0 Å². The monoisotopic (exact) mass is 743 g/mol. The van der Waals surface area contributed by atoms with Gasteiger partial charge in [0.05, 0.1) is 0 Å². The van der Waals surface area contributed by atoms with Crippen molar-refractivity contribution in [3.8, 4) is 0 Å². The van der Waals surface area contributed by atoms with Gasteiger partial charge in [0.25, 0.3) is 0 Å². The van der Waals surface area contributed by atoms with Crippen molar-refractivity contribution < 1.29 is 0 Å². The quantitative estimate of drug-likeness (QED) is 0.217. The first-order valence-corrected chi connectivity index (χ1v) is 26.7. The molecule has 55 heavy (non-hydrogen) atoms. The molecule has 0 aliphatic heterocycles. The van der Waals surface area contributed by atoms with Gasteiger partial charge in [0.15, 0.2) is 0 Å². The van der Waals surface area contributed by atoms with Crippen LogP contribution in [0.5, 0.6) is 0 Å². The number of hydrogen-bond donors (Lipinski definition) is 0. The molecule has 17 aliphatic carbocycles. The van der Waals surface area contributed by atoms with Crippen LogP contribution >= 0.6 is 0 Å². The number of fused-ring (bicyclic) bond motifs is 44. The molecule has 0 heterocycles. The topological polar surface area (TPSA) is 0 Å². The third kappa shape index (κ3) is 3.96. The van der Waals surface area contributed by atoms with Crippen molar-refractivity contribution >= 4 is 0 Å². The summed E-state index contributed by atoms with van der Waals surface area (Å²) >= 11 is 0. The van der Waals surface area contributed by atoms with Crippen LogP contribution in [0.25, 0.3) is 0 Å². The van der Waals surface area contributed by atoms with Crippen LogP contribution < -0.4 is 0 Å². The Morgan fingerprint density at radius 1 is 0.182 bits per heavy atom. The van der Waals surface area contributed by atoms with Gasteiger partial charge in [-0.2, -0.15) is 0 Å². The summed E-state index contributed by atoms with van der Waals surface area (Å²) in [5, 5.41) is 0. The minimum atomic E-state index is 1.06. The Labute approximate surface area is 337 Å². The molecular weight excluding hydrogens is 661 g/mol. The standard InChI is InChI=1S/C22H32.C19H28.C14H22/c1-9-3-13-14(4-9)16-7-15(13)21-17-8-18(22(16)21)20-12-6-11(19(17)20)5-10(12)2;1-8-3-10-5-12(8)18-14-7-15(16(10)18)19-13-6-11(17(14)19)4-9(13)2;1-7-3-9-5-11(7)13-10-4-8(2)12(6-10)14(9)13/h9-22H,3-8H2,1-2H3;8-19H,3-7H2,1-2H3;7-14H,3-6H2,1-2H3. The second kappa shape index (κ2) is 11.1. The summed E-state index contributed by atoms with van der Waals surface area (Å²) in [6.45, 7) is 15.4. The molecule has 0 spiro atoms. The Morgan fingerprint density at radius 2 is 0.418 bits per heavy atom. The van der Waals surface area contributed by atoms with Crippen molar-refractivity contribution in [1.82, 2.24) is 0 Å². The van der Waals surface area contributed by atoms with Crippen LogP contribution in [0, 0.1) is 201 Å². The van der Waals surface area contributed by atoms with Gasteiger partial charge in [0, 0.05) is 0 Å². The van der Waals surface area contributed by atoms with Gasteiger partial charge in [0.1, 0.15) is 0 Å². The van der Waals surface area contributed by atoms with E-state index in [2.05, 4.69) is 41.5 Å². The van der Waals surface area contributed by atoms with Gasteiger partial charge in [-0.3, -0.25) is 0 Å². The number of rotatable bonds is 0. The maximum atomic E-state index is 2.60. The van der Waals surface area contributed by atoms with Gasteiger partial charge in [0.2, 0.25) is 0 Å². The van der Waals surface area contributed by atoms with Gasteiger partial charge in [-0.05, 0) is 298 Å². The molecular formula is C55H82. The van der Waals surface area contributed by atoms with Gasteiger partial charge < -0.3 is 0 Å². The van der Waals surface area contributed by atoms with Crippen molar-refractivity contribution in [3.63, 3.8) is 0 Å². The van der Waals surface area contributed by atoms with Gasteiger partial charge >= 0.3 is 0 Å². The minimum absolute atomic E-state index is 1.06. The molecule has 34 unspecified atom stereocenters. The molecule has 0 radical (unpaired) electrons. The predicted molar refractivity (Wildman–Crippen MR) is 222 cm³/mol. The zero-order valence-electron chi connectivity index (χ0n) is 36.2. The minimum Gasteiger partial charge on any atom is -0.0625 e. The van der Waals surface area contributed by atoms with E-state index in [0.29, 0.717) is 0 Å². The van der Waals surface area contributed by atoms with Crippen LogP contribution in [0.4, 0.5) is 0 Å². The molecule has 17 fully saturated rings. The molecule has 17 rings (SSSR count). The molecule has 16 bridgehead atoms. The fourth-order valence-corrected chi connectivity index (χ4v) is 26.9. The van der Waals surface area contributed by atoms with Crippen LogP contribution in [0.1, 0.15) is 138 Å². The lowest BCUT2D eigenvalue weighted by atomic mass is 9.56. The van der Waals surface area contributed by atoms with Gasteiger partial charge in [-0.15, -0.1) is 0 Å². The average molecular weight is 743 g/mol. The molecule has 17 aliphatic rings. The van der Waals surface area contributed by atoms with Crippen LogP contribution in [0.15, 0.2) is 0 Å². The van der Waals surface area contributed by atoms with E-state index in [4.69, 9.17) is 0 Å². The Balaban J connectivity index is 0.0000000832. The first-order valence-electron chi connectivity index (χ1n) is 26.7. The summed E-state index contributed by atoms with van der Waals surface area (Å²) in [6, 6.07) is 0.